The molecule has 148 valence electrons. The third-order valence-corrected chi connectivity index (χ3v) is 7.41. The molecule has 1 aromatic carbocycles. The van der Waals surface area contributed by atoms with E-state index in [9.17, 15) is 14.0 Å². The molecule has 0 aliphatic carbocycles. The molecule has 2 fully saturated rings. The van der Waals surface area contributed by atoms with Crippen LogP contribution in [0.5, 0.6) is 0 Å². The number of rotatable bonds is 5. The van der Waals surface area contributed by atoms with E-state index in [0.29, 0.717) is 12.3 Å². The highest BCUT2D eigenvalue weighted by molar-refractivity contribution is 8.00. The van der Waals surface area contributed by atoms with E-state index in [1.54, 1.807) is 17.8 Å². The van der Waals surface area contributed by atoms with Gasteiger partial charge in [0.05, 0.1) is 49.9 Å². The Morgan fingerprint density at radius 1 is 1.21 bits per heavy atom. The largest absolute Gasteiger partial charge is 0.331 e. The number of benzene rings is 1. The summed E-state index contributed by atoms with van der Waals surface area (Å²) in [7, 11) is 0. The van der Waals surface area contributed by atoms with E-state index in [0.717, 1.165) is 43.2 Å². The van der Waals surface area contributed by atoms with Crippen LogP contribution in [0.2, 0.25) is 0 Å². The summed E-state index contributed by atoms with van der Waals surface area (Å²) in [5, 5.41) is 1.82. The number of hydrogen-bond acceptors (Lipinski definition) is 4. The van der Waals surface area contributed by atoms with E-state index in [1.165, 1.54) is 28.4 Å². The van der Waals surface area contributed by atoms with Gasteiger partial charge in [-0.1, -0.05) is 18.2 Å². The number of nitrogens with one attached hydrogen (secondary N) is 1. The SMILES string of the molecule is O=C(c1cccs1)N1CC[NH+](CCN2C(=O)CS[C@H]2c2cccc(F)c2)CC1. The van der Waals surface area contributed by atoms with Crippen LogP contribution in [0.15, 0.2) is 41.8 Å². The predicted octanol–water partition coefficient (Wildman–Crippen LogP) is 1.50. The molecule has 0 radical (unpaired) electrons. The third kappa shape index (κ3) is 4.24. The second-order valence-corrected chi connectivity index (χ2v) is 9.09. The van der Waals surface area contributed by atoms with Gasteiger partial charge >= 0.3 is 0 Å². The lowest BCUT2D eigenvalue weighted by Gasteiger charge is -2.33. The van der Waals surface area contributed by atoms with E-state index >= 15 is 0 Å². The number of piperazine rings is 1. The molecule has 0 saturated carbocycles. The average Bonchev–Trinajstić information content (AvgIpc) is 3.36. The summed E-state index contributed by atoms with van der Waals surface area (Å²) in [6, 6.07) is 10.3. The molecule has 1 N–H and O–H groups in total. The molecule has 0 unspecified atom stereocenters. The van der Waals surface area contributed by atoms with Gasteiger partial charge in [-0.25, -0.2) is 4.39 Å². The molecule has 2 aliphatic heterocycles. The second kappa shape index (κ2) is 8.63. The van der Waals surface area contributed by atoms with Crippen molar-refractivity contribution in [1.29, 1.82) is 0 Å². The molecule has 1 aromatic heterocycles. The fraction of sp³-hybridized carbons (Fsp3) is 0.400. The minimum Gasteiger partial charge on any atom is -0.331 e. The molecule has 28 heavy (non-hydrogen) atoms. The normalized spacial score (nSPS) is 20.8. The van der Waals surface area contributed by atoms with Crippen LogP contribution in [0.4, 0.5) is 4.39 Å². The Morgan fingerprint density at radius 2 is 2.04 bits per heavy atom. The van der Waals surface area contributed by atoms with Gasteiger partial charge in [0.15, 0.2) is 0 Å². The molecular formula is C20H23FN3O2S2+. The van der Waals surface area contributed by atoms with Crippen molar-refractivity contribution >= 4 is 34.9 Å². The van der Waals surface area contributed by atoms with Crippen molar-refractivity contribution in [3.63, 3.8) is 0 Å². The maximum absolute atomic E-state index is 13.6. The van der Waals surface area contributed by atoms with Gasteiger partial charge in [-0.05, 0) is 29.1 Å². The number of carbonyl (C=O) groups excluding carboxylic acids is 2. The maximum atomic E-state index is 13.6. The van der Waals surface area contributed by atoms with E-state index in [2.05, 4.69) is 0 Å². The topological polar surface area (TPSA) is 45.1 Å². The Labute approximate surface area is 172 Å². The van der Waals surface area contributed by atoms with Crippen LogP contribution in [0.1, 0.15) is 20.6 Å². The van der Waals surface area contributed by atoms with Gasteiger partial charge in [-0.3, -0.25) is 9.59 Å². The first-order valence-corrected chi connectivity index (χ1v) is 11.4. The van der Waals surface area contributed by atoms with Crippen molar-refractivity contribution in [2.45, 2.75) is 5.37 Å². The fourth-order valence-electron chi connectivity index (χ4n) is 3.74. The fourth-order valence-corrected chi connectivity index (χ4v) is 5.64. The van der Waals surface area contributed by atoms with Crippen LogP contribution in [0.25, 0.3) is 0 Å². The number of amides is 2. The first kappa shape index (κ1) is 19.4. The lowest BCUT2D eigenvalue weighted by Crippen LogP contribution is -3.15. The standard InChI is InChI=1S/C20H22FN3O2S2/c21-16-4-1-3-15(13-16)20-24(18(25)14-28-20)11-8-22-6-9-23(10-7-22)19(26)17-5-2-12-27-17/h1-5,12-13,20H,6-11,14H2/p+1/t20-/m0/s1. The number of nitrogens with zero attached hydrogens (tertiary/aromatic N) is 2. The third-order valence-electron chi connectivity index (χ3n) is 5.30. The summed E-state index contributed by atoms with van der Waals surface area (Å²) >= 11 is 3.04. The van der Waals surface area contributed by atoms with Crippen LogP contribution in [-0.4, -0.2) is 66.6 Å². The number of quaternary nitrogens is 1. The molecule has 2 amide bonds. The zero-order valence-electron chi connectivity index (χ0n) is 15.5. The molecule has 8 heteroatoms. The molecule has 2 aromatic rings. The number of halogens is 1. The predicted molar refractivity (Wildman–Crippen MR) is 109 cm³/mol. The van der Waals surface area contributed by atoms with Gasteiger partial charge < -0.3 is 14.7 Å². The first-order valence-electron chi connectivity index (χ1n) is 9.45. The Hall–Kier alpha value is -1.90. The molecule has 2 aliphatic rings. The van der Waals surface area contributed by atoms with Gasteiger partial charge in [-0.2, -0.15) is 0 Å². The molecule has 5 nitrogen and oxygen atoms in total. The van der Waals surface area contributed by atoms with Crippen molar-refractivity contribution in [3.8, 4) is 0 Å². The smallest absolute Gasteiger partial charge is 0.264 e. The molecule has 1 atom stereocenters. The van der Waals surface area contributed by atoms with Crippen molar-refractivity contribution in [2.24, 2.45) is 0 Å². The van der Waals surface area contributed by atoms with Crippen molar-refractivity contribution in [3.05, 3.63) is 58.0 Å². The quantitative estimate of drug-likeness (QED) is 0.798. The van der Waals surface area contributed by atoms with Gasteiger partial charge in [0.2, 0.25) is 5.91 Å². The number of thioether (sulfide) groups is 1. The lowest BCUT2D eigenvalue weighted by atomic mass is 10.2. The van der Waals surface area contributed by atoms with Gasteiger partial charge in [-0.15, -0.1) is 23.1 Å². The Balaban J connectivity index is 1.30. The number of thiophene rings is 1. The van der Waals surface area contributed by atoms with E-state index in [4.69, 9.17) is 0 Å². The van der Waals surface area contributed by atoms with Gasteiger partial charge in [0, 0.05) is 0 Å². The van der Waals surface area contributed by atoms with Crippen molar-refractivity contribution in [2.75, 3.05) is 45.0 Å². The van der Waals surface area contributed by atoms with Gasteiger partial charge in [0.1, 0.15) is 11.2 Å². The molecule has 3 heterocycles. The Morgan fingerprint density at radius 3 is 2.75 bits per heavy atom. The minimum absolute atomic E-state index is 0.107. The lowest BCUT2D eigenvalue weighted by molar-refractivity contribution is -0.903. The molecule has 4 rings (SSSR count). The molecule has 0 bridgehead atoms. The highest BCUT2D eigenvalue weighted by Crippen LogP contribution is 2.38. The molecule has 0 spiro atoms. The van der Waals surface area contributed by atoms with Crippen LogP contribution in [0.3, 0.4) is 0 Å². The van der Waals surface area contributed by atoms with E-state index in [-0.39, 0.29) is 23.0 Å². The summed E-state index contributed by atoms with van der Waals surface area (Å²) in [6.07, 6.45) is 0. The summed E-state index contributed by atoms with van der Waals surface area (Å²) in [5.41, 5.74) is 0.845. The van der Waals surface area contributed by atoms with Crippen LogP contribution in [0, 0.1) is 5.82 Å². The van der Waals surface area contributed by atoms with E-state index < -0.39 is 0 Å². The average molecular weight is 421 g/mol. The van der Waals surface area contributed by atoms with Crippen LogP contribution < -0.4 is 4.90 Å². The first-order chi connectivity index (χ1) is 13.6. The summed E-state index contributed by atoms with van der Waals surface area (Å²) < 4.78 is 13.6. The van der Waals surface area contributed by atoms with Crippen LogP contribution in [-0.2, 0) is 4.79 Å². The van der Waals surface area contributed by atoms with E-state index in [1.807, 2.05) is 33.4 Å². The zero-order chi connectivity index (χ0) is 19.5. The number of carbonyl (C=O) groups is 2. The second-order valence-electron chi connectivity index (χ2n) is 7.08. The van der Waals surface area contributed by atoms with Crippen molar-refractivity contribution < 1.29 is 18.9 Å². The molecule has 2 saturated heterocycles. The van der Waals surface area contributed by atoms with Crippen molar-refractivity contribution in [1.82, 2.24) is 9.80 Å². The maximum Gasteiger partial charge on any atom is 0.264 e. The Bertz CT molecular complexity index is 838. The molecular weight excluding hydrogens is 397 g/mol. The van der Waals surface area contributed by atoms with Crippen LogP contribution >= 0.6 is 23.1 Å². The monoisotopic (exact) mass is 420 g/mol. The number of hydrogen-bond donors (Lipinski definition) is 1. The highest BCUT2D eigenvalue weighted by atomic mass is 32.2. The zero-order valence-corrected chi connectivity index (χ0v) is 17.1. The van der Waals surface area contributed by atoms with Gasteiger partial charge in [0.25, 0.3) is 5.91 Å². The Kier molecular flexibility index (Phi) is 5.99. The summed E-state index contributed by atoms with van der Waals surface area (Å²) in [6.45, 7) is 4.75. The summed E-state index contributed by atoms with van der Waals surface area (Å²) in [5.74, 6) is 0.408. The summed E-state index contributed by atoms with van der Waals surface area (Å²) in [4.78, 5) is 30.8. The minimum atomic E-state index is -0.269. The highest BCUT2D eigenvalue weighted by Gasteiger charge is 2.34.